The Kier molecular flexibility index (Phi) is 3.43. The van der Waals surface area contributed by atoms with Crippen molar-refractivity contribution in [3.05, 3.63) is 36.5 Å². The third-order valence-electron chi connectivity index (χ3n) is 3.64. The van der Waals surface area contributed by atoms with Gasteiger partial charge in [-0.3, -0.25) is 4.98 Å². The highest BCUT2D eigenvalue weighted by Crippen LogP contribution is 2.20. The molecule has 0 saturated carbocycles. The summed E-state index contributed by atoms with van der Waals surface area (Å²) in [6.07, 6.45) is 2.78. The van der Waals surface area contributed by atoms with E-state index in [4.69, 9.17) is 5.11 Å². The summed E-state index contributed by atoms with van der Waals surface area (Å²) in [6, 6.07) is 8.30. The molecule has 0 radical (unpaired) electrons. The Morgan fingerprint density at radius 1 is 1.33 bits per heavy atom. The Bertz CT molecular complexity index is 701. The minimum Gasteiger partial charge on any atom is -0.480 e. The summed E-state index contributed by atoms with van der Waals surface area (Å²) in [6.45, 7) is 0.462. The van der Waals surface area contributed by atoms with E-state index in [1.54, 1.807) is 6.20 Å². The van der Waals surface area contributed by atoms with Gasteiger partial charge < -0.3 is 15.3 Å². The molecule has 3 rings (SSSR count). The zero-order valence-electron chi connectivity index (χ0n) is 11.3. The molecule has 0 bridgehead atoms. The molecular weight excluding hydrogens is 270 g/mol. The van der Waals surface area contributed by atoms with Crippen LogP contribution in [0.1, 0.15) is 12.8 Å². The third-order valence-corrected chi connectivity index (χ3v) is 3.64. The molecule has 1 aliphatic heterocycles. The van der Waals surface area contributed by atoms with Gasteiger partial charge in [-0.25, -0.2) is 9.59 Å². The first-order valence-electron chi connectivity index (χ1n) is 6.80. The summed E-state index contributed by atoms with van der Waals surface area (Å²) < 4.78 is 0. The summed E-state index contributed by atoms with van der Waals surface area (Å²) in [5.41, 5.74) is 1.41. The van der Waals surface area contributed by atoms with Crippen molar-refractivity contribution in [2.45, 2.75) is 18.9 Å². The van der Waals surface area contributed by atoms with Gasteiger partial charge in [-0.15, -0.1) is 0 Å². The first-order valence-corrected chi connectivity index (χ1v) is 6.80. The van der Waals surface area contributed by atoms with E-state index in [0.717, 1.165) is 10.9 Å². The highest BCUT2D eigenvalue weighted by atomic mass is 16.4. The number of nitrogens with zero attached hydrogens (tertiary/aromatic N) is 2. The van der Waals surface area contributed by atoms with Crippen molar-refractivity contribution in [3.63, 3.8) is 0 Å². The second-order valence-electron chi connectivity index (χ2n) is 5.04. The van der Waals surface area contributed by atoms with Gasteiger partial charge in [0.15, 0.2) is 0 Å². The minimum absolute atomic E-state index is 0.392. The van der Waals surface area contributed by atoms with Crippen molar-refractivity contribution in [3.8, 4) is 0 Å². The number of anilines is 1. The molecule has 6 nitrogen and oxygen atoms in total. The second kappa shape index (κ2) is 5.40. The number of likely N-dealkylation sites (tertiary alicyclic amines) is 1. The highest BCUT2D eigenvalue weighted by molar-refractivity contribution is 5.94. The van der Waals surface area contributed by atoms with E-state index in [-0.39, 0.29) is 0 Å². The van der Waals surface area contributed by atoms with Gasteiger partial charge in [0.25, 0.3) is 0 Å². The fourth-order valence-corrected chi connectivity index (χ4v) is 2.60. The first-order chi connectivity index (χ1) is 10.1. The van der Waals surface area contributed by atoms with E-state index >= 15 is 0 Å². The summed E-state index contributed by atoms with van der Waals surface area (Å²) in [5.74, 6) is -0.959. The number of benzene rings is 1. The van der Waals surface area contributed by atoms with Crippen LogP contribution in [-0.2, 0) is 4.79 Å². The molecule has 2 heterocycles. The van der Waals surface area contributed by atoms with Gasteiger partial charge in [0.1, 0.15) is 6.04 Å². The Morgan fingerprint density at radius 3 is 2.95 bits per heavy atom. The highest BCUT2D eigenvalue weighted by Gasteiger charge is 2.33. The van der Waals surface area contributed by atoms with Crippen LogP contribution >= 0.6 is 0 Å². The van der Waals surface area contributed by atoms with Crippen molar-refractivity contribution in [1.29, 1.82) is 0 Å². The molecule has 2 amide bonds. The fraction of sp³-hybridized carbons (Fsp3) is 0.267. The number of carboxylic acid groups (broad SMARTS) is 1. The maximum Gasteiger partial charge on any atom is 0.326 e. The van der Waals surface area contributed by atoms with Gasteiger partial charge in [0.2, 0.25) is 0 Å². The molecule has 0 aliphatic carbocycles. The van der Waals surface area contributed by atoms with Gasteiger partial charge in [0.05, 0.1) is 17.4 Å². The number of urea groups is 1. The topological polar surface area (TPSA) is 82.5 Å². The number of pyridine rings is 1. The van der Waals surface area contributed by atoms with Crippen LogP contribution < -0.4 is 5.32 Å². The lowest BCUT2D eigenvalue weighted by Crippen LogP contribution is -2.42. The Labute approximate surface area is 121 Å². The fourth-order valence-electron chi connectivity index (χ4n) is 2.60. The van der Waals surface area contributed by atoms with Gasteiger partial charge in [0, 0.05) is 11.9 Å². The molecule has 1 aliphatic rings. The number of aromatic nitrogens is 1. The number of carbonyl (C=O) groups excluding carboxylic acids is 1. The number of carbonyl (C=O) groups is 2. The lowest BCUT2D eigenvalue weighted by molar-refractivity contribution is -0.141. The third kappa shape index (κ3) is 2.65. The quantitative estimate of drug-likeness (QED) is 0.887. The van der Waals surface area contributed by atoms with Crippen molar-refractivity contribution in [2.75, 3.05) is 11.9 Å². The number of hydrogen-bond donors (Lipinski definition) is 2. The number of aliphatic carboxylic acids is 1. The lowest BCUT2D eigenvalue weighted by atomic mass is 10.2. The number of carboxylic acids is 1. The van der Waals surface area contributed by atoms with Gasteiger partial charge in [-0.1, -0.05) is 18.2 Å². The van der Waals surface area contributed by atoms with Gasteiger partial charge in [-0.05, 0) is 25.0 Å². The zero-order valence-corrected chi connectivity index (χ0v) is 11.3. The van der Waals surface area contributed by atoms with Crippen LogP contribution in [0.5, 0.6) is 0 Å². The van der Waals surface area contributed by atoms with Crippen LogP contribution in [0.15, 0.2) is 36.5 Å². The summed E-state index contributed by atoms with van der Waals surface area (Å²) in [5, 5.41) is 12.8. The Hall–Kier alpha value is -2.63. The maximum atomic E-state index is 12.2. The van der Waals surface area contributed by atoms with E-state index in [1.807, 2.05) is 30.3 Å². The van der Waals surface area contributed by atoms with Gasteiger partial charge >= 0.3 is 12.0 Å². The lowest BCUT2D eigenvalue weighted by Gasteiger charge is -2.21. The van der Waals surface area contributed by atoms with E-state index < -0.39 is 18.0 Å². The molecule has 2 N–H and O–H groups in total. The zero-order chi connectivity index (χ0) is 14.8. The number of nitrogens with one attached hydrogen (secondary N) is 1. The Morgan fingerprint density at radius 2 is 2.14 bits per heavy atom. The molecule has 108 valence electrons. The number of amides is 2. The Balaban J connectivity index is 1.78. The average molecular weight is 285 g/mol. The summed E-state index contributed by atoms with van der Waals surface area (Å²) in [4.78, 5) is 28.9. The number of rotatable bonds is 2. The number of para-hydroxylation sites is 1. The molecule has 6 heteroatoms. The minimum atomic E-state index is -0.959. The smallest absolute Gasteiger partial charge is 0.326 e. The van der Waals surface area contributed by atoms with Crippen molar-refractivity contribution in [1.82, 2.24) is 9.88 Å². The van der Waals surface area contributed by atoms with Gasteiger partial charge in [-0.2, -0.15) is 0 Å². The predicted octanol–water partition coefficient (Wildman–Crippen LogP) is 2.32. The van der Waals surface area contributed by atoms with Crippen LogP contribution in [-0.4, -0.2) is 39.6 Å². The molecule has 0 unspecified atom stereocenters. The SMILES string of the molecule is O=C(O)[C@@H]1CCCN1C(=O)Nc1cnc2ccccc2c1. The van der Waals surface area contributed by atoms with Crippen LogP contribution in [0.3, 0.4) is 0 Å². The normalized spacial score (nSPS) is 17.9. The predicted molar refractivity (Wildman–Crippen MR) is 78.1 cm³/mol. The van der Waals surface area contributed by atoms with Crippen LogP contribution in [0, 0.1) is 0 Å². The summed E-state index contributed by atoms with van der Waals surface area (Å²) >= 11 is 0. The number of fused-ring (bicyclic) bond motifs is 1. The monoisotopic (exact) mass is 285 g/mol. The molecule has 2 aromatic rings. The van der Waals surface area contributed by atoms with E-state index in [0.29, 0.717) is 25.1 Å². The van der Waals surface area contributed by atoms with E-state index in [1.165, 1.54) is 4.90 Å². The van der Waals surface area contributed by atoms with Crippen LogP contribution in [0.2, 0.25) is 0 Å². The molecule has 21 heavy (non-hydrogen) atoms. The van der Waals surface area contributed by atoms with Crippen molar-refractivity contribution >= 4 is 28.6 Å². The van der Waals surface area contributed by atoms with E-state index in [9.17, 15) is 9.59 Å². The maximum absolute atomic E-state index is 12.2. The summed E-state index contributed by atoms with van der Waals surface area (Å²) in [7, 11) is 0. The van der Waals surface area contributed by atoms with Crippen LogP contribution in [0.4, 0.5) is 10.5 Å². The number of hydrogen-bond acceptors (Lipinski definition) is 3. The largest absolute Gasteiger partial charge is 0.480 e. The molecule has 1 saturated heterocycles. The van der Waals surface area contributed by atoms with Crippen molar-refractivity contribution in [2.24, 2.45) is 0 Å². The molecule has 0 spiro atoms. The standard InChI is InChI=1S/C15H15N3O3/c19-14(20)13-6-3-7-18(13)15(21)17-11-8-10-4-1-2-5-12(10)16-9-11/h1-2,4-5,8-9,13H,3,6-7H2,(H,17,21)(H,19,20)/t13-/m0/s1. The second-order valence-corrected chi connectivity index (χ2v) is 5.04. The molecule has 1 aromatic carbocycles. The average Bonchev–Trinajstić information content (AvgIpc) is 2.97. The van der Waals surface area contributed by atoms with E-state index in [2.05, 4.69) is 10.3 Å². The van der Waals surface area contributed by atoms with Crippen LogP contribution in [0.25, 0.3) is 10.9 Å². The first kappa shape index (κ1) is 13.4. The van der Waals surface area contributed by atoms with Crippen molar-refractivity contribution < 1.29 is 14.7 Å². The molecule has 1 fully saturated rings. The molecule has 1 atom stereocenters. The molecule has 1 aromatic heterocycles. The molecular formula is C15H15N3O3.